The van der Waals surface area contributed by atoms with Gasteiger partial charge in [0.2, 0.25) is 0 Å². The Morgan fingerprint density at radius 3 is 2.67 bits per heavy atom. The molecule has 7 heteroatoms. The normalized spacial score (nSPS) is 11.1. The van der Waals surface area contributed by atoms with Crippen LogP contribution in [0, 0.1) is 0 Å². The molecule has 1 N–H and O–H groups in total. The molecule has 0 fully saturated rings. The molecule has 0 aromatic carbocycles. The molecule has 0 unspecified atom stereocenters. The number of nitrogens with one attached hydrogen (secondary N) is 1. The van der Waals surface area contributed by atoms with E-state index in [1.807, 2.05) is 49.1 Å². The Balaban J connectivity index is 0.000000282. The van der Waals surface area contributed by atoms with Crippen LogP contribution in [0.3, 0.4) is 0 Å². The number of alkyl halides is 2. The molecule has 3 heterocycles. The van der Waals surface area contributed by atoms with Gasteiger partial charge in [-0.3, -0.25) is 4.52 Å². The molecule has 0 bridgehead atoms. The predicted molar refractivity (Wildman–Crippen MR) is 91.8 cm³/mol. The molecule has 0 atom stereocenters. The number of fused-ring (bicyclic) bond motifs is 1. The standard InChI is InChI=1S/C11H10N4O.C3H8FI/c1-14-5-4-8(7-14)10-3-2-9-6-12-11(16)13-15(9)10;1-3-5(2)4/h2-7H,1H3,(H,13,16);3H2,1-2H3. The summed E-state index contributed by atoms with van der Waals surface area (Å²) in [5.74, 6) is 0. The number of aromatic nitrogens is 4. The minimum Gasteiger partial charge on any atom is -0.357 e. The number of aromatic amines is 1. The van der Waals surface area contributed by atoms with E-state index in [9.17, 15) is 7.65 Å². The van der Waals surface area contributed by atoms with Crippen molar-refractivity contribution in [3.05, 3.63) is 47.3 Å². The number of H-pyrrole nitrogens is 1. The van der Waals surface area contributed by atoms with Gasteiger partial charge in [-0.05, 0) is 18.2 Å². The number of hydrogen-bond donors (Lipinski definition) is 1. The summed E-state index contributed by atoms with van der Waals surface area (Å²) >= 11 is -1.78. The van der Waals surface area contributed by atoms with Crippen molar-refractivity contribution in [1.29, 1.82) is 0 Å². The van der Waals surface area contributed by atoms with Gasteiger partial charge in [0.05, 0.1) is 17.4 Å². The van der Waals surface area contributed by atoms with Crippen LogP contribution in [0.25, 0.3) is 16.8 Å². The first kappa shape index (κ1) is 15.7. The average molecular weight is 404 g/mol. The zero-order valence-electron chi connectivity index (χ0n) is 12.2. The molecule has 0 amide bonds. The molecule has 21 heavy (non-hydrogen) atoms. The van der Waals surface area contributed by atoms with Gasteiger partial charge in [0.1, 0.15) is 0 Å². The maximum absolute atomic E-state index is 11.6. The molecule has 3 aromatic heterocycles. The Hall–Kier alpha value is -1.64. The third-order valence-electron chi connectivity index (χ3n) is 2.93. The summed E-state index contributed by atoms with van der Waals surface area (Å²) in [6.45, 7) is 1.89. The number of aryl methyl sites for hydroxylation is 1. The van der Waals surface area contributed by atoms with Gasteiger partial charge in [0.25, 0.3) is 0 Å². The molecule has 0 aliphatic carbocycles. The third kappa shape index (κ3) is 3.93. The van der Waals surface area contributed by atoms with Crippen molar-refractivity contribution in [2.24, 2.45) is 7.05 Å². The maximum atomic E-state index is 11.6. The summed E-state index contributed by atoms with van der Waals surface area (Å²) in [6.07, 6.45) is 5.53. The molecule has 0 aliphatic rings. The fraction of sp³-hybridized carbons (Fsp3) is 0.286. The van der Waals surface area contributed by atoms with Crippen LogP contribution in [0.15, 0.2) is 41.6 Å². The van der Waals surface area contributed by atoms with E-state index in [1.165, 1.54) is 0 Å². The van der Waals surface area contributed by atoms with E-state index in [4.69, 9.17) is 0 Å². The van der Waals surface area contributed by atoms with Crippen LogP contribution in [-0.4, -0.2) is 28.5 Å². The first-order valence-corrected chi connectivity index (χ1v) is 10.9. The van der Waals surface area contributed by atoms with Crippen LogP contribution in [0.5, 0.6) is 0 Å². The van der Waals surface area contributed by atoms with E-state index < -0.39 is 20.4 Å². The summed E-state index contributed by atoms with van der Waals surface area (Å²) in [6, 6.07) is 5.88. The van der Waals surface area contributed by atoms with Crippen LogP contribution in [-0.2, 0) is 7.05 Å². The predicted octanol–water partition coefficient (Wildman–Crippen LogP) is 3.06. The van der Waals surface area contributed by atoms with Crippen molar-refractivity contribution in [3.63, 3.8) is 0 Å². The van der Waals surface area contributed by atoms with Gasteiger partial charge in [0, 0.05) is 25.0 Å². The second kappa shape index (κ2) is 6.88. The summed E-state index contributed by atoms with van der Waals surface area (Å²) < 4.78 is 16.1. The Kier molecular flexibility index (Phi) is 5.16. The molecule has 0 spiro atoms. The van der Waals surface area contributed by atoms with Crippen molar-refractivity contribution in [1.82, 2.24) is 19.2 Å². The van der Waals surface area contributed by atoms with Crippen LogP contribution < -0.4 is 5.69 Å². The SMILES string of the molecule is CCI(C)F.Cn1ccc(-c2ccc3cnc(=O)[nH]n23)c1. The van der Waals surface area contributed by atoms with Gasteiger partial charge in [-0.1, -0.05) is 0 Å². The molecule has 0 radical (unpaired) electrons. The second-order valence-electron chi connectivity index (χ2n) is 4.50. The monoisotopic (exact) mass is 404 g/mol. The van der Waals surface area contributed by atoms with Crippen molar-refractivity contribution in [3.8, 4) is 11.3 Å². The number of hydrogen-bond acceptors (Lipinski definition) is 2. The first-order chi connectivity index (χ1) is 10.0. The maximum Gasteiger partial charge on any atom is 0.360 e. The van der Waals surface area contributed by atoms with Gasteiger partial charge in [0.15, 0.2) is 0 Å². The molecule has 0 aliphatic heterocycles. The topological polar surface area (TPSA) is 55.1 Å². The van der Waals surface area contributed by atoms with Crippen molar-refractivity contribution in [2.45, 2.75) is 6.92 Å². The fourth-order valence-corrected chi connectivity index (χ4v) is 1.81. The van der Waals surface area contributed by atoms with Crippen LogP contribution >= 0.6 is 20.4 Å². The van der Waals surface area contributed by atoms with Gasteiger partial charge in [-0.25, -0.2) is 9.89 Å². The number of nitrogens with zero attached hydrogens (tertiary/aromatic N) is 3. The van der Waals surface area contributed by atoms with Gasteiger partial charge < -0.3 is 4.57 Å². The quantitative estimate of drug-likeness (QED) is 0.528. The smallest absolute Gasteiger partial charge is 0.357 e. The molecule has 114 valence electrons. The van der Waals surface area contributed by atoms with E-state index >= 15 is 0 Å². The summed E-state index contributed by atoms with van der Waals surface area (Å²) in [5, 5.41) is 2.69. The van der Waals surface area contributed by atoms with Crippen LogP contribution in [0.1, 0.15) is 6.92 Å². The third-order valence-corrected chi connectivity index (χ3v) is 5.03. The molecule has 5 nitrogen and oxygen atoms in total. The van der Waals surface area contributed by atoms with Gasteiger partial charge >= 0.3 is 45.2 Å². The zero-order valence-corrected chi connectivity index (χ0v) is 14.3. The van der Waals surface area contributed by atoms with E-state index in [-0.39, 0.29) is 5.69 Å². The second-order valence-corrected chi connectivity index (χ2v) is 8.94. The minimum atomic E-state index is -1.78. The van der Waals surface area contributed by atoms with Gasteiger partial charge in [-0.2, -0.15) is 4.98 Å². The van der Waals surface area contributed by atoms with Crippen LogP contribution in [0.4, 0.5) is 2.86 Å². The Labute approximate surface area is 130 Å². The molecular formula is C14H18FIN4O. The Morgan fingerprint density at radius 1 is 1.38 bits per heavy atom. The summed E-state index contributed by atoms with van der Waals surface area (Å²) in [5.41, 5.74) is 2.54. The number of rotatable bonds is 2. The largest absolute Gasteiger partial charge is 0.360 e. The van der Waals surface area contributed by atoms with Crippen LogP contribution in [0.2, 0.25) is 0 Å². The zero-order chi connectivity index (χ0) is 15.4. The van der Waals surface area contributed by atoms with Crippen molar-refractivity contribution < 1.29 is 2.86 Å². The van der Waals surface area contributed by atoms with Gasteiger partial charge in [-0.15, -0.1) is 0 Å². The molecular weight excluding hydrogens is 386 g/mol. The molecule has 0 saturated carbocycles. The van der Waals surface area contributed by atoms with Crippen molar-refractivity contribution in [2.75, 3.05) is 9.36 Å². The van der Waals surface area contributed by atoms with E-state index in [0.717, 1.165) is 21.2 Å². The Bertz CT molecular complexity index is 774. The van der Waals surface area contributed by atoms with E-state index in [0.29, 0.717) is 0 Å². The molecule has 3 aromatic rings. The molecule has 3 rings (SSSR count). The first-order valence-electron chi connectivity index (χ1n) is 6.43. The van der Waals surface area contributed by atoms with Crippen molar-refractivity contribution >= 4 is 25.9 Å². The number of halogens is 2. The van der Waals surface area contributed by atoms with E-state index in [1.54, 1.807) is 15.6 Å². The summed E-state index contributed by atoms with van der Waals surface area (Å²) in [7, 11) is 1.96. The fourth-order valence-electron chi connectivity index (χ4n) is 1.81. The minimum absolute atomic E-state index is 0.346. The average Bonchev–Trinajstić information content (AvgIpc) is 3.05. The summed E-state index contributed by atoms with van der Waals surface area (Å²) in [4.78, 5) is 16.6. The molecule has 0 saturated heterocycles. The Morgan fingerprint density at radius 2 is 2.10 bits per heavy atom. The van der Waals surface area contributed by atoms with E-state index in [2.05, 4.69) is 10.1 Å².